The number of rotatable bonds is 5. The van der Waals surface area contributed by atoms with Gasteiger partial charge < -0.3 is 10.5 Å². The Kier molecular flexibility index (Phi) is 4.58. The van der Waals surface area contributed by atoms with Gasteiger partial charge in [0.15, 0.2) is 0 Å². The molecule has 100 valence electrons. The quantitative estimate of drug-likeness (QED) is 0.885. The molecule has 0 aromatic heterocycles. The average Bonchev–Trinajstić information content (AvgIpc) is 2.48. The lowest BCUT2D eigenvalue weighted by Gasteiger charge is -2.09. The summed E-state index contributed by atoms with van der Waals surface area (Å²) in [5, 5.41) is 0. The van der Waals surface area contributed by atoms with Gasteiger partial charge in [-0.2, -0.15) is 0 Å². The summed E-state index contributed by atoms with van der Waals surface area (Å²) in [5.74, 6) is 0.884. The minimum Gasteiger partial charge on any atom is -0.497 e. The highest BCUT2D eigenvalue weighted by Crippen LogP contribution is 2.22. The van der Waals surface area contributed by atoms with Gasteiger partial charge in [-0.05, 0) is 41.7 Å². The molecule has 2 nitrogen and oxygen atoms in total. The Morgan fingerprint density at radius 3 is 1.95 bits per heavy atom. The smallest absolute Gasteiger partial charge is 0.118 e. The standard InChI is InChI=1S/C17H21NO/c1-3-16(18)12-13-4-6-14(7-5-13)15-8-10-17(19-2)11-9-15/h4-11,16H,3,12,18H2,1-2H3. The van der Waals surface area contributed by atoms with E-state index >= 15 is 0 Å². The summed E-state index contributed by atoms with van der Waals surface area (Å²) in [6.45, 7) is 2.12. The second-order valence-electron chi connectivity index (χ2n) is 4.80. The van der Waals surface area contributed by atoms with Crippen LogP contribution in [0.2, 0.25) is 0 Å². The number of methoxy groups -OCH3 is 1. The molecule has 0 radical (unpaired) electrons. The topological polar surface area (TPSA) is 35.2 Å². The van der Waals surface area contributed by atoms with Crippen molar-refractivity contribution in [2.24, 2.45) is 5.73 Å². The lowest BCUT2D eigenvalue weighted by Crippen LogP contribution is -2.21. The van der Waals surface area contributed by atoms with Crippen molar-refractivity contribution in [2.45, 2.75) is 25.8 Å². The second kappa shape index (κ2) is 6.39. The van der Waals surface area contributed by atoms with E-state index in [0.29, 0.717) is 0 Å². The Balaban J connectivity index is 2.12. The molecule has 0 fully saturated rings. The molecular formula is C17H21NO. The summed E-state index contributed by atoms with van der Waals surface area (Å²) < 4.78 is 5.17. The summed E-state index contributed by atoms with van der Waals surface area (Å²) in [7, 11) is 1.68. The van der Waals surface area contributed by atoms with Gasteiger partial charge >= 0.3 is 0 Å². The highest BCUT2D eigenvalue weighted by molar-refractivity contribution is 5.64. The van der Waals surface area contributed by atoms with Crippen molar-refractivity contribution in [1.29, 1.82) is 0 Å². The first-order chi connectivity index (χ1) is 9.22. The predicted molar refractivity (Wildman–Crippen MR) is 80.4 cm³/mol. The van der Waals surface area contributed by atoms with Crippen LogP contribution in [0.15, 0.2) is 48.5 Å². The van der Waals surface area contributed by atoms with E-state index in [1.54, 1.807) is 7.11 Å². The van der Waals surface area contributed by atoms with Crippen LogP contribution in [0.25, 0.3) is 11.1 Å². The molecule has 2 heteroatoms. The summed E-state index contributed by atoms with van der Waals surface area (Å²) in [4.78, 5) is 0. The Bertz CT molecular complexity index is 502. The van der Waals surface area contributed by atoms with E-state index in [1.165, 1.54) is 16.7 Å². The number of nitrogens with two attached hydrogens (primary N) is 1. The average molecular weight is 255 g/mol. The van der Waals surface area contributed by atoms with Gasteiger partial charge in [-0.1, -0.05) is 43.3 Å². The van der Waals surface area contributed by atoms with Crippen LogP contribution in [-0.4, -0.2) is 13.2 Å². The third-order valence-electron chi connectivity index (χ3n) is 3.40. The minimum atomic E-state index is 0.256. The zero-order valence-electron chi connectivity index (χ0n) is 11.6. The molecule has 1 unspecified atom stereocenters. The van der Waals surface area contributed by atoms with Crippen molar-refractivity contribution in [3.8, 4) is 16.9 Å². The molecule has 2 aromatic rings. The number of ether oxygens (including phenoxy) is 1. The lowest BCUT2D eigenvalue weighted by molar-refractivity contribution is 0.415. The molecule has 0 saturated carbocycles. The number of benzene rings is 2. The third kappa shape index (κ3) is 3.58. The van der Waals surface area contributed by atoms with Crippen molar-refractivity contribution < 1.29 is 4.74 Å². The van der Waals surface area contributed by atoms with Gasteiger partial charge in [0.1, 0.15) is 5.75 Å². The molecule has 0 aliphatic carbocycles. The van der Waals surface area contributed by atoms with Crippen molar-refractivity contribution in [3.05, 3.63) is 54.1 Å². The molecular weight excluding hydrogens is 234 g/mol. The molecule has 2 rings (SSSR count). The maximum atomic E-state index is 5.97. The van der Waals surface area contributed by atoms with E-state index < -0.39 is 0 Å². The Labute approximate surface area is 115 Å². The largest absolute Gasteiger partial charge is 0.497 e. The van der Waals surface area contributed by atoms with Crippen LogP contribution in [0, 0.1) is 0 Å². The Morgan fingerprint density at radius 2 is 1.47 bits per heavy atom. The molecule has 19 heavy (non-hydrogen) atoms. The fourth-order valence-corrected chi connectivity index (χ4v) is 2.06. The van der Waals surface area contributed by atoms with Crippen LogP contribution in [0.4, 0.5) is 0 Å². The zero-order chi connectivity index (χ0) is 13.7. The van der Waals surface area contributed by atoms with Gasteiger partial charge in [0.2, 0.25) is 0 Å². The highest BCUT2D eigenvalue weighted by Gasteiger charge is 2.02. The molecule has 0 saturated heterocycles. The van der Waals surface area contributed by atoms with Gasteiger partial charge in [-0.25, -0.2) is 0 Å². The maximum Gasteiger partial charge on any atom is 0.118 e. The van der Waals surface area contributed by atoms with Gasteiger partial charge in [-0.3, -0.25) is 0 Å². The third-order valence-corrected chi connectivity index (χ3v) is 3.40. The van der Waals surface area contributed by atoms with Crippen LogP contribution in [0.3, 0.4) is 0 Å². The molecule has 2 aromatic carbocycles. The van der Waals surface area contributed by atoms with Crippen LogP contribution in [0.5, 0.6) is 5.75 Å². The van der Waals surface area contributed by atoms with Crippen molar-refractivity contribution in [3.63, 3.8) is 0 Å². The monoisotopic (exact) mass is 255 g/mol. The highest BCUT2D eigenvalue weighted by atomic mass is 16.5. The Hall–Kier alpha value is -1.80. The van der Waals surface area contributed by atoms with Gasteiger partial charge in [0.05, 0.1) is 7.11 Å². The van der Waals surface area contributed by atoms with E-state index in [4.69, 9.17) is 10.5 Å². The first-order valence-electron chi connectivity index (χ1n) is 6.72. The molecule has 0 bridgehead atoms. The number of hydrogen-bond donors (Lipinski definition) is 1. The van der Waals surface area contributed by atoms with E-state index in [1.807, 2.05) is 12.1 Å². The summed E-state index contributed by atoms with van der Waals surface area (Å²) in [5.41, 5.74) is 9.69. The molecule has 2 N–H and O–H groups in total. The summed E-state index contributed by atoms with van der Waals surface area (Å²) in [6.07, 6.45) is 1.96. The SMILES string of the molecule is CCC(N)Cc1ccc(-c2ccc(OC)cc2)cc1. The van der Waals surface area contributed by atoms with Crippen LogP contribution in [0.1, 0.15) is 18.9 Å². The first kappa shape index (κ1) is 13.6. The normalized spacial score (nSPS) is 12.2. The van der Waals surface area contributed by atoms with Gasteiger partial charge in [-0.15, -0.1) is 0 Å². The molecule has 0 heterocycles. The molecule has 0 spiro atoms. The summed E-state index contributed by atoms with van der Waals surface area (Å²) >= 11 is 0. The van der Waals surface area contributed by atoms with Crippen LogP contribution >= 0.6 is 0 Å². The van der Waals surface area contributed by atoms with Gasteiger partial charge in [0.25, 0.3) is 0 Å². The van der Waals surface area contributed by atoms with Crippen molar-refractivity contribution >= 4 is 0 Å². The molecule has 0 amide bonds. The first-order valence-corrected chi connectivity index (χ1v) is 6.72. The van der Waals surface area contributed by atoms with E-state index in [9.17, 15) is 0 Å². The second-order valence-corrected chi connectivity index (χ2v) is 4.80. The van der Waals surface area contributed by atoms with Crippen LogP contribution in [-0.2, 0) is 6.42 Å². The predicted octanol–water partition coefficient (Wildman–Crippen LogP) is 3.64. The molecule has 0 aliphatic heterocycles. The maximum absolute atomic E-state index is 5.97. The minimum absolute atomic E-state index is 0.256. The van der Waals surface area contributed by atoms with Crippen LogP contribution < -0.4 is 10.5 Å². The fourth-order valence-electron chi connectivity index (χ4n) is 2.06. The Morgan fingerprint density at radius 1 is 0.947 bits per heavy atom. The molecule has 0 aliphatic rings. The zero-order valence-corrected chi connectivity index (χ0v) is 11.6. The lowest BCUT2D eigenvalue weighted by atomic mass is 10.00. The fraction of sp³-hybridized carbons (Fsp3) is 0.294. The number of hydrogen-bond acceptors (Lipinski definition) is 2. The van der Waals surface area contributed by atoms with Crippen molar-refractivity contribution in [2.75, 3.05) is 7.11 Å². The van der Waals surface area contributed by atoms with E-state index in [2.05, 4.69) is 43.3 Å². The van der Waals surface area contributed by atoms with Gasteiger partial charge in [0, 0.05) is 6.04 Å². The molecule has 1 atom stereocenters. The van der Waals surface area contributed by atoms with Crippen molar-refractivity contribution in [1.82, 2.24) is 0 Å². The van der Waals surface area contributed by atoms with E-state index in [0.717, 1.165) is 18.6 Å². The summed E-state index contributed by atoms with van der Waals surface area (Å²) in [6, 6.07) is 17.0. The van der Waals surface area contributed by atoms with E-state index in [-0.39, 0.29) is 6.04 Å².